The molecule has 0 aromatic heterocycles. The topological polar surface area (TPSA) is 114 Å². The smallest absolute Gasteiger partial charge is 0.315 e. The molecule has 3 amide bonds. The second-order valence-electron chi connectivity index (χ2n) is 11.5. The molecule has 1 fully saturated rings. The van der Waals surface area contributed by atoms with Gasteiger partial charge in [-0.2, -0.15) is 0 Å². The summed E-state index contributed by atoms with van der Waals surface area (Å²) >= 11 is 6.06. The number of benzene rings is 1. The Bertz CT molecular complexity index is 993. The average Bonchev–Trinajstić information content (AvgIpc) is 2.84. The maximum Gasteiger partial charge on any atom is 0.315 e. The highest BCUT2D eigenvalue weighted by Crippen LogP contribution is 2.42. The molecular formula is C28H42ClN3O6. The molecule has 1 aromatic rings. The third-order valence-corrected chi connectivity index (χ3v) is 7.11. The summed E-state index contributed by atoms with van der Waals surface area (Å²) in [5.74, 6) is -1.03. The molecule has 1 aliphatic rings. The monoisotopic (exact) mass is 551 g/mol. The summed E-state index contributed by atoms with van der Waals surface area (Å²) in [6.07, 6.45) is 0.620. The third kappa shape index (κ3) is 9.19. The van der Waals surface area contributed by atoms with E-state index in [9.17, 15) is 19.2 Å². The van der Waals surface area contributed by atoms with Gasteiger partial charge in [-0.25, -0.2) is 4.79 Å². The summed E-state index contributed by atoms with van der Waals surface area (Å²) in [5, 5.41) is 6.20. The number of rotatable bonds is 10. The van der Waals surface area contributed by atoms with Crippen molar-refractivity contribution >= 4 is 35.5 Å². The number of nitrogens with zero attached hydrogens (tertiary/aromatic N) is 1. The van der Waals surface area contributed by atoms with Gasteiger partial charge in [-0.05, 0) is 55.2 Å². The molecule has 212 valence electrons. The van der Waals surface area contributed by atoms with Crippen molar-refractivity contribution in [2.75, 3.05) is 26.7 Å². The van der Waals surface area contributed by atoms with Crippen molar-refractivity contribution in [1.82, 2.24) is 15.5 Å². The van der Waals surface area contributed by atoms with Gasteiger partial charge in [0, 0.05) is 18.1 Å². The van der Waals surface area contributed by atoms with Crippen LogP contribution in [0.25, 0.3) is 0 Å². The van der Waals surface area contributed by atoms with Gasteiger partial charge in [-0.15, -0.1) is 0 Å². The summed E-state index contributed by atoms with van der Waals surface area (Å²) in [5.41, 5.74) is 0.0426. The third-order valence-electron chi connectivity index (χ3n) is 6.86. The molecular weight excluding hydrogens is 510 g/mol. The van der Waals surface area contributed by atoms with Crippen LogP contribution in [0.2, 0.25) is 5.02 Å². The molecule has 1 saturated heterocycles. The summed E-state index contributed by atoms with van der Waals surface area (Å²) in [6.45, 7) is 12.6. The van der Waals surface area contributed by atoms with E-state index in [1.54, 1.807) is 13.8 Å². The zero-order chi connectivity index (χ0) is 28.7. The molecule has 2 atom stereocenters. The zero-order valence-electron chi connectivity index (χ0n) is 23.6. The quantitative estimate of drug-likeness (QED) is 0.419. The molecule has 1 aliphatic heterocycles. The van der Waals surface area contributed by atoms with Crippen molar-refractivity contribution < 1.29 is 28.7 Å². The van der Waals surface area contributed by atoms with Gasteiger partial charge in [0.15, 0.2) is 0 Å². The summed E-state index contributed by atoms with van der Waals surface area (Å²) in [7, 11) is 1.25. The Morgan fingerprint density at radius 2 is 1.71 bits per heavy atom. The average molecular weight is 552 g/mol. The number of hydrogen-bond donors (Lipinski definition) is 2. The fraction of sp³-hybridized carbons (Fsp3) is 0.643. The Morgan fingerprint density at radius 3 is 2.26 bits per heavy atom. The van der Waals surface area contributed by atoms with Crippen molar-refractivity contribution in [3.63, 3.8) is 0 Å². The first-order valence-electron chi connectivity index (χ1n) is 13.0. The van der Waals surface area contributed by atoms with Crippen LogP contribution in [0.3, 0.4) is 0 Å². The van der Waals surface area contributed by atoms with Crippen molar-refractivity contribution in [3.05, 3.63) is 34.9 Å². The number of urea groups is 1. The number of likely N-dealkylation sites (tertiary alicyclic amines) is 1. The normalized spacial score (nSPS) is 17.9. The first kappa shape index (κ1) is 31.4. The molecule has 1 heterocycles. The fourth-order valence-corrected chi connectivity index (χ4v) is 4.88. The molecule has 10 heteroatoms. The molecule has 9 nitrogen and oxygen atoms in total. The number of ether oxygens (including phenoxy) is 2. The van der Waals surface area contributed by atoms with Crippen LogP contribution in [0.5, 0.6) is 0 Å². The van der Waals surface area contributed by atoms with Crippen LogP contribution < -0.4 is 10.6 Å². The largest absolute Gasteiger partial charge is 0.469 e. The number of nitrogens with one attached hydrogen (secondary N) is 2. The standard InChI is InChI=1S/C28H42ClN3O6/c1-18(2)24(31-26(36)30-16-28(5,6)38-23(34)13-12-22(33)37-7)25(35)32-15-14-21(27(3,4)17-32)19-8-10-20(29)11-9-19/h8-11,18,21,24H,12-17H2,1-7H3,(H2,30,31,36). The summed E-state index contributed by atoms with van der Waals surface area (Å²) < 4.78 is 9.90. The van der Waals surface area contributed by atoms with Gasteiger partial charge in [-0.3, -0.25) is 14.4 Å². The number of piperidine rings is 1. The van der Waals surface area contributed by atoms with E-state index in [2.05, 4.69) is 29.2 Å². The summed E-state index contributed by atoms with van der Waals surface area (Å²) in [6, 6.07) is 6.66. The Balaban J connectivity index is 1.94. The first-order valence-corrected chi connectivity index (χ1v) is 13.4. The molecule has 0 spiro atoms. The van der Waals surface area contributed by atoms with Crippen LogP contribution in [0.4, 0.5) is 4.79 Å². The number of amides is 3. The van der Waals surface area contributed by atoms with Crippen LogP contribution in [0.1, 0.15) is 72.3 Å². The van der Waals surface area contributed by atoms with Gasteiger partial charge in [0.05, 0.1) is 26.5 Å². The lowest BCUT2D eigenvalue weighted by molar-refractivity contribution is -0.158. The van der Waals surface area contributed by atoms with Gasteiger partial charge in [0.25, 0.3) is 0 Å². The number of halogens is 1. The molecule has 2 N–H and O–H groups in total. The van der Waals surface area contributed by atoms with E-state index in [0.29, 0.717) is 18.1 Å². The Labute approximate surface area is 230 Å². The van der Waals surface area contributed by atoms with Gasteiger partial charge in [0.1, 0.15) is 11.6 Å². The molecule has 1 aromatic carbocycles. The molecule has 0 aliphatic carbocycles. The molecule has 0 saturated carbocycles. The van der Waals surface area contributed by atoms with Crippen LogP contribution in [0, 0.1) is 11.3 Å². The molecule has 38 heavy (non-hydrogen) atoms. The van der Waals surface area contributed by atoms with Crippen molar-refractivity contribution in [3.8, 4) is 0 Å². The van der Waals surface area contributed by atoms with Gasteiger partial charge >= 0.3 is 18.0 Å². The van der Waals surface area contributed by atoms with E-state index in [1.807, 2.05) is 43.0 Å². The second kappa shape index (κ2) is 13.3. The SMILES string of the molecule is COC(=O)CCC(=O)OC(C)(C)CNC(=O)NC(C(=O)N1CCC(c2ccc(Cl)cc2)C(C)(C)C1)C(C)C. The second-order valence-corrected chi connectivity index (χ2v) is 11.9. The van der Waals surface area contributed by atoms with Crippen molar-refractivity contribution in [2.45, 2.75) is 78.4 Å². The lowest BCUT2D eigenvalue weighted by Crippen LogP contribution is -2.58. The van der Waals surface area contributed by atoms with E-state index in [1.165, 1.54) is 12.7 Å². The first-order chi connectivity index (χ1) is 17.6. The Hall–Kier alpha value is -2.81. The zero-order valence-corrected chi connectivity index (χ0v) is 24.3. The Morgan fingerprint density at radius 1 is 1.11 bits per heavy atom. The molecule has 2 unspecified atom stereocenters. The number of esters is 2. The van der Waals surface area contributed by atoms with Crippen molar-refractivity contribution in [1.29, 1.82) is 0 Å². The highest BCUT2D eigenvalue weighted by Gasteiger charge is 2.40. The predicted molar refractivity (Wildman–Crippen MR) is 146 cm³/mol. The van der Waals surface area contributed by atoms with E-state index in [-0.39, 0.29) is 42.5 Å². The molecule has 2 rings (SSSR count). The number of carbonyl (C=O) groups excluding carboxylic acids is 4. The van der Waals surface area contributed by atoms with Gasteiger partial charge in [-0.1, -0.05) is 51.4 Å². The Kier molecular flexibility index (Phi) is 11.0. The molecule has 0 radical (unpaired) electrons. The lowest BCUT2D eigenvalue weighted by atomic mass is 9.70. The number of carbonyl (C=O) groups is 4. The maximum absolute atomic E-state index is 13.5. The van der Waals surface area contributed by atoms with Crippen molar-refractivity contribution in [2.24, 2.45) is 11.3 Å². The van der Waals surface area contributed by atoms with Crippen LogP contribution in [-0.4, -0.2) is 67.2 Å². The minimum atomic E-state index is -1.00. The number of hydrogen-bond acceptors (Lipinski definition) is 6. The van der Waals surface area contributed by atoms with E-state index >= 15 is 0 Å². The predicted octanol–water partition coefficient (Wildman–Crippen LogP) is 4.28. The summed E-state index contributed by atoms with van der Waals surface area (Å²) in [4.78, 5) is 51.3. The van der Waals surface area contributed by atoms with E-state index < -0.39 is 29.6 Å². The van der Waals surface area contributed by atoms with Gasteiger partial charge in [0.2, 0.25) is 5.91 Å². The lowest BCUT2D eigenvalue weighted by Gasteiger charge is -2.45. The van der Waals surface area contributed by atoms with Crippen LogP contribution in [0.15, 0.2) is 24.3 Å². The highest BCUT2D eigenvalue weighted by atomic mass is 35.5. The van der Waals surface area contributed by atoms with E-state index in [4.69, 9.17) is 16.3 Å². The fourth-order valence-electron chi connectivity index (χ4n) is 4.76. The molecule has 0 bridgehead atoms. The maximum atomic E-state index is 13.5. The minimum absolute atomic E-state index is 0.0291. The number of methoxy groups -OCH3 is 1. The van der Waals surface area contributed by atoms with Gasteiger partial charge < -0.3 is 25.0 Å². The minimum Gasteiger partial charge on any atom is -0.469 e. The van der Waals surface area contributed by atoms with E-state index in [0.717, 1.165) is 6.42 Å². The highest BCUT2D eigenvalue weighted by molar-refractivity contribution is 6.30. The van der Waals surface area contributed by atoms with Crippen LogP contribution >= 0.6 is 11.6 Å². The van der Waals surface area contributed by atoms with Crippen LogP contribution in [-0.2, 0) is 23.9 Å².